The third-order valence-corrected chi connectivity index (χ3v) is 5.35. The molecule has 3 heterocycles. The molecule has 1 amide bonds. The van der Waals surface area contributed by atoms with Crippen molar-refractivity contribution < 1.29 is 13.9 Å². The molecule has 1 fully saturated rings. The minimum atomic E-state index is -0.531. The molecule has 8 heteroatoms. The number of imidazole rings is 1. The molecule has 0 spiro atoms. The Morgan fingerprint density at radius 2 is 2.25 bits per heavy atom. The number of hydrogen-bond donors (Lipinski definition) is 0. The van der Waals surface area contributed by atoms with Crippen molar-refractivity contribution in [1.82, 2.24) is 19.4 Å². The van der Waals surface area contributed by atoms with Crippen molar-refractivity contribution >= 4 is 28.7 Å². The Hall–Kier alpha value is -2.51. The number of methoxy groups -OCH3 is 1. The van der Waals surface area contributed by atoms with Crippen LogP contribution in [0.25, 0.3) is 11.2 Å². The highest BCUT2D eigenvalue weighted by atomic mass is 35.5. The van der Waals surface area contributed by atoms with Crippen molar-refractivity contribution in [2.24, 2.45) is 0 Å². The molecule has 0 saturated carbocycles. The lowest BCUT2D eigenvalue weighted by molar-refractivity contribution is 0.0790. The normalized spacial score (nSPS) is 16.8. The van der Waals surface area contributed by atoms with Crippen LogP contribution in [0.4, 0.5) is 4.39 Å². The van der Waals surface area contributed by atoms with Gasteiger partial charge in [0.15, 0.2) is 5.65 Å². The molecule has 0 bridgehead atoms. The van der Waals surface area contributed by atoms with E-state index in [1.165, 1.54) is 18.2 Å². The standard InChI is InChI=1S/C20H20ClFN4O2/c1-28-10-9-26-18(24-17-3-2-7-23-19(17)26)14-6-8-25(12-14)20(27)13-4-5-16(22)15(21)11-13/h2-5,7,11,14H,6,8-10,12H2,1H3/t14-/m1/s1. The number of hydrogen-bond acceptors (Lipinski definition) is 4. The van der Waals surface area contributed by atoms with E-state index in [2.05, 4.69) is 9.55 Å². The smallest absolute Gasteiger partial charge is 0.253 e. The van der Waals surface area contributed by atoms with E-state index in [4.69, 9.17) is 21.3 Å². The zero-order chi connectivity index (χ0) is 19.7. The first kappa shape index (κ1) is 18.8. The molecule has 1 saturated heterocycles. The molecule has 28 heavy (non-hydrogen) atoms. The summed E-state index contributed by atoms with van der Waals surface area (Å²) in [5.74, 6) is 0.336. The molecule has 146 valence electrons. The van der Waals surface area contributed by atoms with Gasteiger partial charge in [-0.05, 0) is 36.8 Å². The second-order valence-corrected chi connectivity index (χ2v) is 7.23. The van der Waals surface area contributed by atoms with Crippen LogP contribution in [0.15, 0.2) is 36.5 Å². The first-order chi connectivity index (χ1) is 13.6. The van der Waals surface area contributed by atoms with Gasteiger partial charge in [0.05, 0.1) is 11.6 Å². The molecule has 0 unspecified atom stereocenters. The van der Waals surface area contributed by atoms with Crippen LogP contribution in [0, 0.1) is 5.82 Å². The summed E-state index contributed by atoms with van der Waals surface area (Å²) in [4.78, 5) is 23.8. The molecule has 1 atom stereocenters. The van der Waals surface area contributed by atoms with Gasteiger partial charge in [0.1, 0.15) is 17.2 Å². The van der Waals surface area contributed by atoms with Gasteiger partial charge in [-0.3, -0.25) is 4.79 Å². The molecule has 1 aromatic carbocycles. The Balaban J connectivity index is 1.58. The maximum absolute atomic E-state index is 13.4. The Morgan fingerprint density at radius 3 is 3.04 bits per heavy atom. The van der Waals surface area contributed by atoms with Gasteiger partial charge in [0, 0.05) is 44.4 Å². The van der Waals surface area contributed by atoms with Gasteiger partial charge in [-0.2, -0.15) is 0 Å². The molecule has 1 aliphatic heterocycles. The van der Waals surface area contributed by atoms with Crippen LogP contribution >= 0.6 is 11.6 Å². The second kappa shape index (κ2) is 7.85. The predicted octanol–water partition coefficient (Wildman–Crippen LogP) is 3.50. The molecule has 0 radical (unpaired) electrons. The third-order valence-electron chi connectivity index (χ3n) is 5.06. The van der Waals surface area contributed by atoms with Gasteiger partial charge >= 0.3 is 0 Å². The van der Waals surface area contributed by atoms with Crippen molar-refractivity contribution in [2.75, 3.05) is 26.8 Å². The highest BCUT2D eigenvalue weighted by Crippen LogP contribution is 2.30. The zero-order valence-corrected chi connectivity index (χ0v) is 16.2. The highest BCUT2D eigenvalue weighted by Gasteiger charge is 2.31. The first-order valence-electron chi connectivity index (χ1n) is 9.13. The summed E-state index contributed by atoms with van der Waals surface area (Å²) in [6.45, 7) is 2.36. The summed E-state index contributed by atoms with van der Waals surface area (Å²) in [5, 5.41) is -0.0472. The van der Waals surface area contributed by atoms with Gasteiger partial charge < -0.3 is 14.2 Å². The van der Waals surface area contributed by atoms with E-state index in [1.54, 1.807) is 18.2 Å². The highest BCUT2D eigenvalue weighted by molar-refractivity contribution is 6.31. The molecule has 2 aromatic heterocycles. The monoisotopic (exact) mass is 402 g/mol. The Labute approximate surface area is 166 Å². The largest absolute Gasteiger partial charge is 0.383 e. The third kappa shape index (κ3) is 3.47. The van der Waals surface area contributed by atoms with Crippen LogP contribution in [-0.4, -0.2) is 52.1 Å². The molecule has 1 aliphatic rings. The number of fused-ring (bicyclic) bond motifs is 1. The number of carbonyl (C=O) groups is 1. The summed E-state index contributed by atoms with van der Waals surface area (Å²) < 4.78 is 20.7. The van der Waals surface area contributed by atoms with E-state index >= 15 is 0 Å². The summed E-state index contributed by atoms with van der Waals surface area (Å²) in [5.41, 5.74) is 2.05. The second-order valence-electron chi connectivity index (χ2n) is 6.83. The number of aromatic nitrogens is 3. The van der Waals surface area contributed by atoms with E-state index < -0.39 is 5.82 Å². The number of rotatable bonds is 5. The van der Waals surface area contributed by atoms with Gasteiger partial charge in [0.2, 0.25) is 0 Å². The number of nitrogens with zero attached hydrogens (tertiary/aromatic N) is 4. The van der Waals surface area contributed by atoms with Gasteiger partial charge in [-0.1, -0.05) is 11.6 Å². The summed E-state index contributed by atoms with van der Waals surface area (Å²) in [6.07, 6.45) is 2.55. The van der Waals surface area contributed by atoms with Gasteiger partial charge in [-0.15, -0.1) is 0 Å². The molecule has 4 rings (SSSR count). The number of likely N-dealkylation sites (tertiary alicyclic amines) is 1. The van der Waals surface area contributed by atoms with E-state index in [9.17, 15) is 9.18 Å². The van der Waals surface area contributed by atoms with Crippen molar-refractivity contribution in [3.63, 3.8) is 0 Å². The van der Waals surface area contributed by atoms with Crippen LogP contribution < -0.4 is 0 Å². The topological polar surface area (TPSA) is 60.2 Å². The van der Waals surface area contributed by atoms with Crippen LogP contribution in [0.5, 0.6) is 0 Å². The Kier molecular flexibility index (Phi) is 5.28. The van der Waals surface area contributed by atoms with Gasteiger partial charge in [-0.25, -0.2) is 14.4 Å². The van der Waals surface area contributed by atoms with Crippen LogP contribution in [-0.2, 0) is 11.3 Å². The molecular formula is C20H20ClFN4O2. The molecular weight excluding hydrogens is 383 g/mol. The van der Waals surface area contributed by atoms with Crippen LogP contribution in [0.1, 0.15) is 28.5 Å². The maximum Gasteiger partial charge on any atom is 0.253 e. The number of ether oxygens (including phenoxy) is 1. The molecule has 3 aromatic rings. The summed E-state index contributed by atoms with van der Waals surface area (Å²) in [6, 6.07) is 7.87. The first-order valence-corrected chi connectivity index (χ1v) is 9.50. The van der Waals surface area contributed by atoms with Crippen molar-refractivity contribution in [3.8, 4) is 0 Å². The molecule has 0 N–H and O–H groups in total. The van der Waals surface area contributed by atoms with Gasteiger partial charge in [0.25, 0.3) is 5.91 Å². The van der Waals surface area contributed by atoms with Crippen molar-refractivity contribution in [1.29, 1.82) is 0 Å². The predicted molar refractivity (Wildman–Crippen MR) is 104 cm³/mol. The average Bonchev–Trinajstić information content (AvgIpc) is 3.32. The van der Waals surface area contributed by atoms with E-state index in [1.807, 2.05) is 12.1 Å². The van der Waals surface area contributed by atoms with E-state index in [-0.39, 0.29) is 16.8 Å². The number of halogens is 2. The lowest BCUT2D eigenvalue weighted by Crippen LogP contribution is -2.28. The fourth-order valence-corrected chi connectivity index (χ4v) is 3.84. The quantitative estimate of drug-likeness (QED) is 0.655. The van der Waals surface area contributed by atoms with Crippen LogP contribution in [0.3, 0.4) is 0 Å². The van der Waals surface area contributed by atoms with Crippen molar-refractivity contribution in [2.45, 2.75) is 18.9 Å². The zero-order valence-electron chi connectivity index (χ0n) is 15.4. The summed E-state index contributed by atoms with van der Waals surface area (Å²) >= 11 is 5.83. The fourth-order valence-electron chi connectivity index (χ4n) is 3.66. The number of pyridine rings is 1. The van der Waals surface area contributed by atoms with E-state index in [0.717, 1.165) is 23.4 Å². The lowest BCUT2D eigenvalue weighted by atomic mass is 10.1. The Morgan fingerprint density at radius 1 is 1.39 bits per heavy atom. The average molecular weight is 403 g/mol. The summed E-state index contributed by atoms with van der Waals surface area (Å²) in [7, 11) is 1.66. The van der Waals surface area contributed by atoms with E-state index in [0.29, 0.717) is 31.8 Å². The minimum Gasteiger partial charge on any atom is -0.383 e. The van der Waals surface area contributed by atoms with Crippen LogP contribution in [0.2, 0.25) is 5.02 Å². The number of amides is 1. The molecule has 6 nitrogen and oxygen atoms in total. The van der Waals surface area contributed by atoms with Crippen molar-refractivity contribution in [3.05, 3.63) is 58.8 Å². The number of carbonyl (C=O) groups excluding carboxylic acids is 1. The fraction of sp³-hybridized carbons (Fsp3) is 0.350. The SMILES string of the molecule is COCCn1c([C@@H]2CCN(C(=O)c3ccc(F)c(Cl)c3)C2)nc2cccnc21. The lowest BCUT2D eigenvalue weighted by Gasteiger charge is -2.17. The number of benzene rings is 1. The Bertz CT molecular complexity index is 1020. The minimum absolute atomic E-state index is 0.0472. The molecule has 0 aliphatic carbocycles. The maximum atomic E-state index is 13.4.